The van der Waals surface area contributed by atoms with Crippen LogP contribution in [0.15, 0.2) is 22.8 Å². The molecular formula is C14H22N2O2. The first kappa shape index (κ1) is 13.1. The van der Waals surface area contributed by atoms with Crippen molar-refractivity contribution in [3.8, 4) is 0 Å². The molecule has 1 atom stereocenters. The molecule has 2 heterocycles. The second-order valence-electron chi connectivity index (χ2n) is 4.88. The number of amides is 1. The molecule has 1 aliphatic heterocycles. The van der Waals surface area contributed by atoms with Gasteiger partial charge in [-0.2, -0.15) is 0 Å². The monoisotopic (exact) mass is 250 g/mol. The van der Waals surface area contributed by atoms with Crippen LogP contribution in [0.4, 0.5) is 0 Å². The van der Waals surface area contributed by atoms with E-state index in [1.54, 1.807) is 6.26 Å². The largest absolute Gasteiger partial charge is 0.468 e. The zero-order valence-corrected chi connectivity index (χ0v) is 11.0. The van der Waals surface area contributed by atoms with Gasteiger partial charge < -0.3 is 14.6 Å². The number of carbonyl (C=O) groups is 1. The summed E-state index contributed by atoms with van der Waals surface area (Å²) in [6.07, 6.45) is 5.82. The van der Waals surface area contributed by atoms with Crippen LogP contribution in [-0.4, -0.2) is 30.4 Å². The normalized spacial score (nSPS) is 17.7. The van der Waals surface area contributed by atoms with Crippen molar-refractivity contribution in [3.05, 3.63) is 24.2 Å². The van der Waals surface area contributed by atoms with Gasteiger partial charge >= 0.3 is 0 Å². The number of hydrogen-bond acceptors (Lipinski definition) is 3. The van der Waals surface area contributed by atoms with Gasteiger partial charge in [0.25, 0.3) is 0 Å². The predicted molar refractivity (Wildman–Crippen MR) is 70.2 cm³/mol. The van der Waals surface area contributed by atoms with Crippen LogP contribution < -0.4 is 5.32 Å². The van der Waals surface area contributed by atoms with E-state index in [1.165, 1.54) is 6.42 Å². The first-order valence-corrected chi connectivity index (χ1v) is 6.82. The third kappa shape index (κ3) is 3.60. The molecule has 1 unspecified atom stereocenters. The third-order valence-corrected chi connectivity index (χ3v) is 3.47. The number of hydrogen-bond donors (Lipinski definition) is 1. The number of nitrogens with one attached hydrogen (secondary N) is 1. The first-order valence-electron chi connectivity index (χ1n) is 6.82. The summed E-state index contributed by atoms with van der Waals surface area (Å²) in [6, 6.07) is 3.99. The molecule has 0 radical (unpaired) electrons. The summed E-state index contributed by atoms with van der Waals surface area (Å²) in [5, 5.41) is 3.31. The molecular weight excluding hydrogens is 228 g/mol. The Morgan fingerprint density at radius 1 is 1.44 bits per heavy atom. The summed E-state index contributed by atoms with van der Waals surface area (Å²) in [5.74, 6) is 1.19. The molecule has 1 N–H and O–H groups in total. The van der Waals surface area contributed by atoms with Crippen molar-refractivity contribution in [2.75, 3.05) is 19.6 Å². The van der Waals surface area contributed by atoms with Gasteiger partial charge in [-0.25, -0.2) is 0 Å². The summed E-state index contributed by atoms with van der Waals surface area (Å²) in [6.45, 7) is 4.63. The minimum Gasteiger partial charge on any atom is -0.468 e. The average molecular weight is 250 g/mol. The van der Waals surface area contributed by atoms with Gasteiger partial charge in [0.1, 0.15) is 5.76 Å². The van der Waals surface area contributed by atoms with Gasteiger partial charge in [-0.1, -0.05) is 0 Å². The fourth-order valence-corrected chi connectivity index (χ4v) is 2.34. The van der Waals surface area contributed by atoms with Crippen LogP contribution in [0.1, 0.15) is 44.4 Å². The van der Waals surface area contributed by atoms with E-state index >= 15 is 0 Å². The summed E-state index contributed by atoms with van der Waals surface area (Å²) < 4.78 is 5.31. The number of furan rings is 1. The Balaban J connectivity index is 1.67. The molecule has 1 saturated heterocycles. The highest BCUT2D eigenvalue weighted by atomic mass is 16.3. The third-order valence-electron chi connectivity index (χ3n) is 3.47. The molecule has 0 spiro atoms. The highest BCUT2D eigenvalue weighted by molar-refractivity contribution is 5.76. The van der Waals surface area contributed by atoms with Gasteiger partial charge in [-0.15, -0.1) is 0 Å². The van der Waals surface area contributed by atoms with E-state index in [1.807, 2.05) is 24.0 Å². The Bertz CT molecular complexity index is 356. The Labute approximate surface area is 108 Å². The van der Waals surface area contributed by atoms with Gasteiger partial charge in [0.2, 0.25) is 5.91 Å². The van der Waals surface area contributed by atoms with Crippen molar-refractivity contribution in [1.82, 2.24) is 10.2 Å². The maximum absolute atomic E-state index is 11.9. The lowest BCUT2D eigenvalue weighted by Crippen LogP contribution is -2.37. The van der Waals surface area contributed by atoms with E-state index in [0.29, 0.717) is 13.0 Å². The standard InChI is InChI=1S/C14H22N2O2/c1-12(13-6-5-11-18-13)15-8-7-14(17)16-9-3-2-4-10-16/h5-6,11-12,15H,2-4,7-10H2,1H3. The highest BCUT2D eigenvalue weighted by Crippen LogP contribution is 2.13. The molecule has 0 bridgehead atoms. The van der Waals surface area contributed by atoms with Gasteiger partial charge in [0.05, 0.1) is 12.3 Å². The topological polar surface area (TPSA) is 45.5 Å². The van der Waals surface area contributed by atoms with Gasteiger partial charge in [-0.05, 0) is 38.3 Å². The molecule has 4 nitrogen and oxygen atoms in total. The van der Waals surface area contributed by atoms with Crippen molar-refractivity contribution in [2.24, 2.45) is 0 Å². The number of likely N-dealkylation sites (tertiary alicyclic amines) is 1. The molecule has 0 aliphatic carbocycles. The molecule has 100 valence electrons. The van der Waals surface area contributed by atoms with Crippen LogP contribution in [0.25, 0.3) is 0 Å². The average Bonchev–Trinajstić information content (AvgIpc) is 2.93. The lowest BCUT2D eigenvalue weighted by atomic mass is 10.1. The van der Waals surface area contributed by atoms with E-state index in [4.69, 9.17) is 4.42 Å². The zero-order chi connectivity index (χ0) is 12.8. The van der Waals surface area contributed by atoms with Gasteiger partial charge in [0, 0.05) is 26.1 Å². The minimum absolute atomic E-state index is 0.161. The Morgan fingerprint density at radius 3 is 2.89 bits per heavy atom. The van der Waals surface area contributed by atoms with Crippen LogP contribution in [0.3, 0.4) is 0 Å². The summed E-state index contributed by atoms with van der Waals surface area (Å²) in [4.78, 5) is 13.9. The molecule has 2 rings (SSSR count). The number of rotatable bonds is 5. The molecule has 1 aromatic heterocycles. The summed E-state index contributed by atoms with van der Waals surface area (Å²) in [7, 11) is 0. The van der Waals surface area contributed by atoms with E-state index in [9.17, 15) is 4.79 Å². The smallest absolute Gasteiger partial charge is 0.223 e. The van der Waals surface area contributed by atoms with Crippen molar-refractivity contribution in [2.45, 2.75) is 38.6 Å². The maximum atomic E-state index is 11.9. The number of nitrogens with zero attached hydrogens (tertiary/aromatic N) is 1. The van der Waals surface area contributed by atoms with Crippen molar-refractivity contribution < 1.29 is 9.21 Å². The lowest BCUT2D eigenvalue weighted by Gasteiger charge is -2.27. The van der Waals surface area contributed by atoms with Crippen molar-refractivity contribution in [1.29, 1.82) is 0 Å². The fraction of sp³-hybridized carbons (Fsp3) is 0.643. The molecule has 1 aromatic rings. The van der Waals surface area contributed by atoms with Crippen molar-refractivity contribution in [3.63, 3.8) is 0 Å². The summed E-state index contributed by atoms with van der Waals surface area (Å²) >= 11 is 0. The van der Waals surface area contributed by atoms with Crippen LogP contribution in [0.2, 0.25) is 0 Å². The predicted octanol–water partition coefficient (Wildman–Crippen LogP) is 2.33. The Morgan fingerprint density at radius 2 is 2.22 bits per heavy atom. The number of piperidine rings is 1. The zero-order valence-electron chi connectivity index (χ0n) is 11.0. The maximum Gasteiger partial charge on any atom is 0.223 e. The molecule has 18 heavy (non-hydrogen) atoms. The molecule has 1 amide bonds. The molecule has 1 fully saturated rings. The van der Waals surface area contributed by atoms with E-state index in [-0.39, 0.29) is 11.9 Å². The van der Waals surface area contributed by atoms with Crippen LogP contribution in [0, 0.1) is 0 Å². The van der Waals surface area contributed by atoms with Gasteiger partial charge in [-0.3, -0.25) is 4.79 Å². The molecule has 0 saturated carbocycles. The van der Waals surface area contributed by atoms with Crippen LogP contribution in [-0.2, 0) is 4.79 Å². The summed E-state index contributed by atoms with van der Waals surface area (Å²) in [5.41, 5.74) is 0. The Hall–Kier alpha value is -1.29. The highest BCUT2D eigenvalue weighted by Gasteiger charge is 2.16. The van der Waals surface area contributed by atoms with E-state index in [2.05, 4.69) is 5.32 Å². The lowest BCUT2D eigenvalue weighted by molar-refractivity contribution is -0.132. The molecule has 1 aliphatic rings. The Kier molecular flexibility index (Phi) is 4.81. The van der Waals surface area contributed by atoms with Crippen molar-refractivity contribution >= 4 is 5.91 Å². The SMILES string of the molecule is CC(NCCC(=O)N1CCCCC1)c1ccco1. The second kappa shape index (κ2) is 6.59. The molecule has 0 aromatic carbocycles. The van der Waals surface area contributed by atoms with Gasteiger partial charge in [0.15, 0.2) is 0 Å². The van der Waals surface area contributed by atoms with E-state index < -0.39 is 0 Å². The molecule has 4 heteroatoms. The van der Waals surface area contributed by atoms with Crippen LogP contribution >= 0.6 is 0 Å². The first-order chi connectivity index (χ1) is 8.77. The second-order valence-corrected chi connectivity index (χ2v) is 4.88. The van der Waals surface area contributed by atoms with Crippen LogP contribution in [0.5, 0.6) is 0 Å². The van der Waals surface area contributed by atoms with E-state index in [0.717, 1.165) is 31.7 Å². The quantitative estimate of drug-likeness (QED) is 0.872. The number of carbonyl (C=O) groups excluding carboxylic acids is 1. The minimum atomic E-state index is 0.161. The fourth-order valence-electron chi connectivity index (χ4n) is 2.34.